The Kier molecular flexibility index (Phi) is 4.64. The van der Waals surface area contributed by atoms with Gasteiger partial charge in [-0.05, 0) is 36.2 Å². The predicted octanol–water partition coefficient (Wildman–Crippen LogP) is 3.34. The van der Waals surface area contributed by atoms with Crippen molar-refractivity contribution >= 4 is 23.2 Å². The van der Waals surface area contributed by atoms with Gasteiger partial charge < -0.3 is 11.1 Å². The second-order valence-corrected chi connectivity index (χ2v) is 5.14. The highest BCUT2D eigenvalue weighted by atomic mass is 35.5. The second-order valence-electron chi connectivity index (χ2n) is 4.73. The summed E-state index contributed by atoms with van der Waals surface area (Å²) in [7, 11) is 0. The van der Waals surface area contributed by atoms with Crippen LogP contribution in [0.1, 0.15) is 24.1 Å². The van der Waals surface area contributed by atoms with Crippen molar-refractivity contribution in [1.82, 2.24) is 5.32 Å². The molecule has 0 heterocycles. The highest BCUT2D eigenvalue weighted by molar-refractivity contribution is 6.31. The molecule has 3 nitrogen and oxygen atoms in total. The summed E-state index contributed by atoms with van der Waals surface area (Å²) in [4.78, 5) is 12.0. The molecule has 0 aliphatic carbocycles. The lowest BCUT2D eigenvalue weighted by Gasteiger charge is -2.15. The van der Waals surface area contributed by atoms with Crippen LogP contribution in [0.15, 0.2) is 48.5 Å². The molecule has 0 fully saturated rings. The van der Waals surface area contributed by atoms with Crippen LogP contribution in [0, 0.1) is 0 Å². The number of nitrogens with one attached hydrogen (secondary N) is 1. The minimum atomic E-state index is -0.128. The molecule has 2 aromatic carbocycles. The number of nitrogens with two attached hydrogens (primary N) is 1. The first kappa shape index (κ1) is 14.4. The van der Waals surface area contributed by atoms with E-state index in [4.69, 9.17) is 17.3 Å². The van der Waals surface area contributed by atoms with Crippen LogP contribution in [-0.4, -0.2) is 5.91 Å². The number of carbonyl (C=O) groups is 1. The van der Waals surface area contributed by atoms with Gasteiger partial charge in [0.05, 0.1) is 12.5 Å². The van der Waals surface area contributed by atoms with Crippen LogP contribution >= 0.6 is 11.6 Å². The molecule has 1 unspecified atom stereocenters. The van der Waals surface area contributed by atoms with E-state index in [9.17, 15) is 4.79 Å². The van der Waals surface area contributed by atoms with Gasteiger partial charge in [0.1, 0.15) is 0 Å². The molecule has 104 valence electrons. The number of hydrogen-bond acceptors (Lipinski definition) is 2. The molecule has 0 saturated heterocycles. The summed E-state index contributed by atoms with van der Waals surface area (Å²) < 4.78 is 0. The number of anilines is 1. The third kappa shape index (κ3) is 3.75. The first-order valence-electron chi connectivity index (χ1n) is 6.44. The van der Waals surface area contributed by atoms with E-state index in [1.165, 1.54) is 0 Å². The zero-order valence-electron chi connectivity index (χ0n) is 11.3. The van der Waals surface area contributed by atoms with Crippen LogP contribution in [0.3, 0.4) is 0 Å². The van der Waals surface area contributed by atoms with Crippen molar-refractivity contribution in [3.05, 3.63) is 64.7 Å². The van der Waals surface area contributed by atoms with Crippen molar-refractivity contribution < 1.29 is 4.79 Å². The molecule has 0 aliphatic heterocycles. The molecule has 20 heavy (non-hydrogen) atoms. The van der Waals surface area contributed by atoms with Crippen molar-refractivity contribution in [3.63, 3.8) is 0 Å². The minimum Gasteiger partial charge on any atom is -0.399 e. The average molecular weight is 289 g/mol. The van der Waals surface area contributed by atoms with Gasteiger partial charge in [-0.1, -0.05) is 41.9 Å². The average Bonchev–Trinajstić information content (AvgIpc) is 2.38. The largest absolute Gasteiger partial charge is 0.399 e. The number of carbonyl (C=O) groups excluding carboxylic acids is 1. The Balaban J connectivity index is 2.00. The molecule has 0 aromatic heterocycles. The first-order chi connectivity index (χ1) is 9.56. The fraction of sp³-hybridized carbons (Fsp3) is 0.188. The SMILES string of the molecule is CC(NC(=O)Cc1cccc(N)c1)c1ccccc1Cl. The number of hydrogen-bond donors (Lipinski definition) is 2. The standard InChI is InChI=1S/C16H17ClN2O/c1-11(14-7-2-3-8-15(14)17)19-16(20)10-12-5-4-6-13(18)9-12/h2-9,11H,10,18H2,1H3,(H,19,20). The van der Waals surface area contributed by atoms with Crippen LogP contribution in [0.4, 0.5) is 5.69 Å². The van der Waals surface area contributed by atoms with Crippen molar-refractivity contribution in [1.29, 1.82) is 0 Å². The molecule has 0 saturated carbocycles. The molecule has 0 spiro atoms. The zero-order valence-corrected chi connectivity index (χ0v) is 12.0. The number of nitrogen functional groups attached to an aromatic ring is 1. The third-order valence-corrected chi connectivity index (χ3v) is 3.41. The molecule has 0 radical (unpaired) electrons. The van der Waals surface area contributed by atoms with Gasteiger partial charge in [-0.3, -0.25) is 4.79 Å². The summed E-state index contributed by atoms with van der Waals surface area (Å²) in [6, 6.07) is 14.7. The van der Waals surface area contributed by atoms with Crippen molar-refractivity contribution in [2.24, 2.45) is 0 Å². The van der Waals surface area contributed by atoms with Gasteiger partial charge in [-0.2, -0.15) is 0 Å². The van der Waals surface area contributed by atoms with Crippen molar-refractivity contribution in [3.8, 4) is 0 Å². The quantitative estimate of drug-likeness (QED) is 0.848. The van der Waals surface area contributed by atoms with E-state index in [2.05, 4.69) is 5.32 Å². The lowest BCUT2D eigenvalue weighted by atomic mass is 10.1. The van der Waals surface area contributed by atoms with Crippen LogP contribution in [-0.2, 0) is 11.2 Å². The topological polar surface area (TPSA) is 55.1 Å². The third-order valence-electron chi connectivity index (χ3n) is 3.06. The predicted molar refractivity (Wildman–Crippen MR) is 82.6 cm³/mol. The Labute approximate surface area is 123 Å². The monoisotopic (exact) mass is 288 g/mol. The number of rotatable bonds is 4. The summed E-state index contributed by atoms with van der Waals surface area (Å²) in [5, 5.41) is 3.60. The van der Waals surface area contributed by atoms with E-state index in [-0.39, 0.29) is 11.9 Å². The minimum absolute atomic E-state index is 0.0528. The van der Waals surface area contributed by atoms with Crippen LogP contribution in [0.5, 0.6) is 0 Å². The highest BCUT2D eigenvalue weighted by Crippen LogP contribution is 2.22. The van der Waals surface area contributed by atoms with Gasteiger partial charge in [0.2, 0.25) is 5.91 Å². The van der Waals surface area contributed by atoms with Crippen LogP contribution in [0.25, 0.3) is 0 Å². The Morgan fingerprint density at radius 2 is 2.00 bits per heavy atom. The number of halogens is 1. The molecular formula is C16H17ClN2O. The lowest BCUT2D eigenvalue weighted by Crippen LogP contribution is -2.28. The molecular weight excluding hydrogens is 272 g/mol. The summed E-state index contributed by atoms with van der Waals surface area (Å²) in [5.41, 5.74) is 8.17. The molecule has 2 rings (SSSR count). The number of amides is 1. The van der Waals surface area contributed by atoms with E-state index in [0.29, 0.717) is 17.1 Å². The smallest absolute Gasteiger partial charge is 0.224 e. The lowest BCUT2D eigenvalue weighted by molar-refractivity contribution is -0.121. The van der Waals surface area contributed by atoms with E-state index in [1.807, 2.05) is 43.3 Å². The Bertz CT molecular complexity index is 613. The summed E-state index contributed by atoms with van der Waals surface area (Å²) in [6.45, 7) is 1.92. The Hall–Kier alpha value is -2.00. The van der Waals surface area contributed by atoms with Crippen LogP contribution < -0.4 is 11.1 Å². The molecule has 4 heteroatoms. The second kappa shape index (κ2) is 6.44. The molecule has 3 N–H and O–H groups in total. The maximum atomic E-state index is 12.0. The summed E-state index contributed by atoms with van der Waals surface area (Å²) in [6.07, 6.45) is 0.305. The molecule has 0 aliphatic rings. The molecule has 1 amide bonds. The van der Waals surface area contributed by atoms with Gasteiger partial charge >= 0.3 is 0 Å². The molecule has 1 atom stereocenters. The first-order valence-corrected chi connectivity index (χ1v) is 6.82. The normalized spacial score (nSPS) is 11.9. The maximum Gasteiger partial charge on any atom is 0.224 e. The highest BCUT2D eigenvalue weighted by Gasteiger charge is 2.12. The number of benzene rings is 2. The summed E-state index contributed by atoms with van der Waals surface area (Å²) in [5.74, 6) is -0.0528. The van der Waals surface area contributed by atoms with Gasteiger partial charge in [-0.15, -0.1) is 0 Å². The van der Waals surface area contributed by atoms with Crippen molar-refractivity contribution in [2.75, 3.05) is 5.73 Å². The van der Waals surface area contributed by atoms with E-state index >= 15 is 0 Å². The Morgan fingerprint density at radius 1 is 1.25 bits per heavy atom. The fourth-order valence-electron chi connectivity index (χ4n) is 2.09. The summed E-state index contributed by atoms with van der Waals surface area (Å²) >= 11 is 6.12. The fourth-order valence-corrected chi connectivity index (χ4v) is 2.38. The van der Waals surface area contributed by atoms with Crippen molar-refractivity contribution in [2.45, 2.75) is 19.4 Å². The van der Waals surface area contributed by atoms with E-state index in [0.717, 1.165) is 11.1 Å². The van der Waals surface area contributed by atoms with E-state index < -0.39 is 0 Å². The maximum absolute atomic E-state index is 12.0. The van der Waals surface area contributed by atoms with Gasteiger partial charge in [0.15, 0.2) is 0 Å². The van der Waals surface area contributed by atoms with Crippen LogP contribution in [0.2, 0.25) is 5.02 Å². The zero-order chi connectivity index (χ0) is 14.5. The van der Waals surface area contributed by atoms with Gasteiger partial charge in [0.25, 0.3) is 0 Å². The Morgan fingerprint density at radius 3 is 2.70 bits per heavy atom. The molecule has 0 bridgehead atoms. The van der Waals surface area contributed by atoms with Gasteiger partial charge in [-0.25, -0.2) is 0 Å². The van der Waals surface area contributed by atoms with E-state index in [1.54, 1.807) is 12.1 Å². The van der Waals surface area contributed by atoms with Gasteiger partial charge in [0, 0.05) is 10.7 Å². The molecule has 2 aromatic rings.